The van der Waals surface area contributed by atoms with Gasteiger partial charge in [-0.25, -0.2) is 0 Å². The lowest BCUT2D eigenvalue weighted by atomic mass is 9.86. The molecule has 1 aliphatic heterocycles. The van der Waals surface area contributed by atoms with Gasteiger partial charge >= 0.3 is 0 Å². The highest BCUT2D eigenvalue weighted by Crippen LogP contribution is 2.40. The summed E-state index contributed by atoms with van der Waals surface area (Å²) in [6, 6.07) is 4.31. The zero-order valence-corrected chi connectivity index (χ0v) is 18.9. The summed E-state index contributed by atoms with van der Waals surface area (Å²) in [5.74, 6) is 2.78. The first-order chi connectivity index (χ1) is 14.5. The van der Waals surface area contributed by atoms with Gasteiger partial charge in [0.25, 0.3) is 0 Å². The molecule has 30 heavy (non-hydrogen) atoms. The van der Waals surface area contributed by atoms with Crippen molar-refractivity contribution in [2.75, 3.05) is 54.1 Å². The molecule has 1 saturated carbocycles. The molecule has 1 N–H and O–H groups in total. The van der Waals surface area contributed by atoms with Crippen molar-refractivity contribution >= 4 is 5.91 Å². The topological polar surface area (TPSA) is 63.3 Å². The maximum atomic E-state index is 12.5. The highest BCUT2D eigenvalue weighted by Gasteiger charge is 2.25. The van der Waals surface area contributed by atoms with Gasteiger partial charge < -0.3 is 19.5 Å². The number of hydrogen-bond donors (Lipinski definition) is 1. The first-order valence-corrected chi connectivity index (χ1v) is 11.1. The number of amides is 1. The Morgan fingerprint density at radius 1 is 0.967 bits per heavy atom. The average molecular weight is 420 g/mol. The minimum absolute atomic E-state index is 0.170. The summed E-state index contributed by atoms with van der Waals surface area (Å²) in [6.07, 6.45) is 4.87. The van der Waals surface area contributed by atoms with E-state index in [1.807, 2.05) is 12.1 Å². The first-order valence-electron chi connectivity index (χ1n) is 11.1. The van der Waals surface area contributed by atoms with Gasteiger partial charge in [-0.1, -0.05) is 25.8 Å². The molecule has 1 saturated heterocycles. The van der Waals surface area contributed by atoms with Crippen LogP contribution in [-0.4, -0.2) is 75.8 Å². The van der Waals surface area contributed by atoms with Gasteiger partial charge in [0, 0.05) is 44.3 Å². The summed E-state index contributed by atoms with van der Waals surface area (Å²) in [6.45, 7) is 7.16. The number of nitrogens with one attached hydrogen (secondary N) is 1. The fourth-order valence-electron chi connectivity index (χ4n) is 4.62. The van der Waals surface area contributed by atoms with Crippen LogP contribution in [0.25, 0.3) is 0 Å². The molecule has 2 aliphatic rings. The number of ether oxygens (including phenoxy) is 3. The quantitative estimate of drug-likeness (QED) is 0.699. The van der Waals surface area contributed by atoms with E-state index in [4.69, 9.17) is 14.2 Å². The molecule has 1 amide bonds. The van der Waals surface area contributed by atoms with Crippen LogP contribution in [0.2, 0.25) is 0 Å². The number of hydrogen-bond acceptors (Lipinski definition) is 6. The van der Waals surface area contributed by atoms with E-state index in [9.17, 15) is 4.79 Å². The number of carbonyl (C=O) groups excluding carboxylic acids is 1. The van der Waals surface area contributed by atoms with Crippen molar-refractivity contribution in [3.63, 3.8) is 0 Å². The van der Waals surface area contributed by atoms with Crippen molar-refractivity contribution < 1.29 is 19.0 Å². The fraction of sp³-hybridized carbons (Fsp3) is 0.696. The molecule has 0 spiro atoms. The Hall–Kier alpha value is -1.99. The van der Waals surface area contributed by atoms with Gasteiger partial charge in [-0.2, -0.15) is 0 Å². The van der Waals surface area contributed by atoms with Gasteiger partial charge in [0.15, 0.2) is 11.5 Å². The molecule has 2 fully saturated rings. The number of carbonyl (C=O) groups is 1. The summed E-state index contributed by atoms with van der Waals surface area (Å²) in [4.78, 5) is 17.1. The van der Waals surface area contributed by atoms with E-state index in [1.54, 1.807) is 21.3 Å². The van der Waals surface area contributed by atoms with Gasteiger partial charge in [0.1, 0.15) is 0 Å². The zero-order chi connectivity index (χ0) is 21.5. The van der Waals surface area contributed by atoms with E-state index in [-0.39, 0.29) is 5.91 Å². The molecule has 0 radical (unpaired) electrons. The SMILES string of the molecule is COc1ccc(CN2CCN(CC(=O)N[C@H]3CCCC[C@H]3C)CC2)c(OC)c1OC. The van der Waals surface area contributed by atoms with E-state index in [1.165, 1.54) is 19.3 Å². The maximum Gasteiger partial charge on any atom is 0.234 e. The van der Waals surface area contributed by atoms with Crippen molar-refractivity contribution in [3.8, 4) is 17.2 Å². The van der Waals surface area contributed by atoms with Crippen molar-refractivity contribution in [2.24, 2.45) is 5.92 Å². The molecule has 2 atom stereocenters. The summed E-state index contributed by atoms with van der Waals surface area (Å²) in [5, 5.41) is 3.27. The average Bonchev–Trinajstić information content (AvgIpc) is 2.76. The van der Waals surface area contributed by atoms with E-state index >= 15 is 0 Å². The van der Waals surface area contributed by atoms with Crippen LogP contribution in [0.15, 0.2) is 12.1 Å². The molecule has 0 aromatic heterocycles. The first kappa shape index (κ1) is 22.7. The Morgan fingerprint density at radius 2 is 1.63 bits per heavy atom. The predicted molar refractivity (Wildman–Crippen MR) is 117 cm³/mol. The number of methoxy groups -OCH3 is 3. The summed E-state index contributed by atoms with van der Waals surface area (Å²) < 4.78 is 16.5. The number of nitrogens with zero attached hydrogens (tertiary/aromatic N) is 2. The standard InChI is InChI=1S/C23H37N3O4/c1-17-7-5-6-8-19(17)24-21(27)16-26-13-11-25(12-14-26)15-18-9-10-20(28-2)23(30-4)22(18)29-3/h9-10,17,19H,5-8,11-16H2,1-4H3,(H,24,27)/t17-,19+/m1/s1. The lowest BCUT2D eigenvalue weighted by Crippen LogP contribution is -2.51. The summed E-state index contributed by atoms with van der Waals surface area (Å²) >= 11 is 0. The van der Waals surface area contributed by atoms with E-state index < -0.39 is 0 Å². The van der Waals surface area contributed by atoms with Crippen LogP contribution in [-0.2, 0) is 11.3 Å². The third-order valence-corrected chi connectivity index (χ3v) is 6.47. The number of rotatable bonds is 8. The van der Waals surface area contributed by atoms with Crippen LogP contribution < -0.4 is 19.5 Å². The molecule has 0 bridgehead atoms. The largest absolute Gasteiger partial charge is 0.493 e. The Kier molecular flexibility index (Phi) is 8.22. The van der Waals surface area contributed by atoms with Crippen molar-refractivity contribution in [1.82, 2.24) is 15.1 Å². The lowest BCUT2D eigenvalue weighted by Gasteiger charge is -2.35. The molecule has 168 valence electrons. The molecule has 7 nitrogen and oxygen atoms in total. The molecular weight excluding hydrogens is 382 g/mol. The zero-order valence-electron chi connectivity index (χ0n) is 18.9. The van der Waals surface area contributed by atoms with Crippen LogP contribution in [0.1, 0.15) is 38.2 Å². The van der Waals surface area contributed by atoms with Crippen molar-refractivity contribution in [3.05, 3.63) is 17.7 Å². The third-order valence-electron chi connectivity index (χ3n) is 6.47. The molecule has 0 unspecified atom stereocenters. The normalized spacial score (nSPS) is 23.1. The molecule has 1 aromatic rings. The molecule has 3 rings (SSSR count). The number of benzene rings is 1. The Balaban J connectivity index is 1.49. The monoisotopic (exact) mass is 419 g/mol. The predicted octanol–water partition coefficient (Wildman–Crippen LogP) is 2.52. The van der Waals surface area contributed by atoms with Gasteiger partial charge in [-0.05, 0) is 24.8 Å². The second kappa shape index (κ2) is 10.9. The molecule has 7 heteroatoms. The highest BCUT2D eigenvalue weighted by atomic mass is 16.5. The fourth-order valence-corrected chi connectivity index (χ4v) is 4.62. The minimum atomic E-state index is 0.170. The van der Waals surface area contributed by atoms with Crippen LogP contribution in [0.4, 0.5) is 0 Å². The molecule has 1 aliphatic carbocycles. The second-order valence-corrected chi connectivity index (χ2v) is 8.48. The van der Waals surface area contributed by atoms with E-state index in [2.05, 4.69) is 22.0 Å². The van der Waals surface area contributed by atoms with Crippen molar-refractivity contribution in [1.29, 1.82) is 0 Å². The Bertz CT molecular complexity index is 704. The van der Waals surface area contributed by atoms with Crippen LogP contribution in [0.5, 0.6) is 17.2 Å². The van der Waals surface area contributed by atoms with E-state index in [0.29, 0.717) is 30.0 Å². The second-order valence-electron chi connectivity index (χ2n) is 8.48. The third kappa shape index (κ3) is 5.58. The summed E-state index contributed by atoms with van der Waals surface area (Å²) in [5.41, 5.74) is 1.08. The van der Waals surface area contributed by atoms with Gasteiger partial charge in [-0.15, -0.1) is 0 Å². The van der Waals surface area contributed by atoms with Crippen LogP contribution in [0.3, 0.4) is 0 Å². The molecular formula is C23H37N3O4. The summed E-state index contributed by atoms with van der Waals surface area (Å²) in [7, 11) is 4.91. The number of piperazine rings is 1. The lowest BCUT2D eigenvalue weighted by molar-refractivity contribution is -0.124. The van der Waals surface area contributed by atoms with Gasteiger partial charge in [0.05, 0.1) is 27.9 Å². The highest BCUT2D eigenvalue weighted by molar-refractivity contribution is 5.78. The van der Waals surface area contributed by atoms with Gasteiger partial charge in [-0.3, -0.25) is 14.6 Å². The Morgan fingerprint density at radius 3 is 2.27 bits per heavy atom. The van der Waals surface area contributed by atoms with Crippen LogP contribution >= 0.6 is 0 Å². The van der Waals surface area contributed by atoms with Crippen LogP contribution in [0, 0.1) is 5.92 Å². The van der Waals surface area contributed by atoms with Gasteiger partial charge in [0.2, 0.25) is 11.7 Å². The van der Waals surface area contributed by atoms with Crippen molar-refractivity contribution in [2.45, 2.75) is 45.2 Å². The minimum Gasteiger partial charge on any atom is -0.493 e. The molecule has 1 heterocycles. The van der Waals surface area contributed by atoms with E-state index in [0.717, 1.165) is 50.5 Å². The Labute approximate surface area is 180 Å². The maximum absolute atomic E-state index is 12.5. The smallest absolute Gasteiger partial charge is 0.234 e. The molecule has 1 aromatic carbocycles.